The number of ether oxygens (including phenoxy) is 4. The Balaban J connectivity index is 0.00000256. The second-order valence-corrected chi connectivity index (χ2v) is 6.91. The van der Waals surface area contributed by atoms with Gasteiger partial charge >= 0.3 is 59.1 Å². The molecule has 0 unspecified atom stereocenters. The first-order valence-corrected chi connectivity index (χ1v) is 9.88. The van der Waals surface area contributed by atoms with Crippen LogP contribution in [0.5, 0.6) is 28.7 Å². The Hall–Kier alpha value is -1.27. The molecule has 1 heterocycles. The van der Waals surface area contributed by atoms with Crippen molar-refractivity contribution < 1.29 is 96.9 Å². The van der Waals surface area contributed by atoms with Gasteiger partial charge in [-0.15, -0.1) is 0 Å². The van der Waals surface area contributed by atoms with Crippen molar-refractivity contribution in [3.8, 4) is 51.3 Å². The summed E-state index contributed by atoms with van der Waals surface area (Å²) in [5.74, 6) is 1.21. The normalized spacial score (nSPS) is 10.4. The zero-order valence-electron chi connectivity index (χ0n) is 18.5. The van der Waals surface area contributed by atoms with Gasteiger partial charge in [-0.2, -0.15) is 15.4 Å². The predicted octanol–water partition coefficient (Wildman–Crippen LogP) is -4.61. The fourth-order valence-electron chi connectivity index (χ4n) is 2.86. The van der Waals surface area contributed by atoms with E-state index in [1.165, 1.54) is 40.6 Å². The van der Waals surface area contributed by atoms with Crippen LogP contribution < -0.4 is 92.4 Å². The minimum atomic E-state index is -5.34. The van der Waals surface area contributed by atoms with Crippen molar-refractivity contribution in [1.82, 2.24) is 15.4 Å². The van der Waals surface area contributed by atoms with Gasteiger partial charge in [0.15, 0.2) is 11.5 Å². The van der Waals surface area contributed by atoms with Crippen molar-refractivity contribution in [2.24, 2.45) is 0 Å². The van der Waals surface area contributed by atoms with Crippen LogP contribution in [0, 0.1) is 0 Å². The van der Waals surface area contributed by atoms with Gasteiger partial charge < -0.3 is 37.8 Å². The SMILES string of the molecule is COc1ccc(-c2n[nH]nc2-c2cc(OC)c(OC)c(OC)c2)c(OP(=O)([O-])[O-])c1.[Na+].[Na+]. The molecular weight excluding hydrogens is 463 g/mol. The maximum atomic E-state index is 11.2. The Morgan fingerprint density at radius 3 is 1.91 bits per heavy atom. The number of methoxy groups -OCH3 is 4. The summed E-state index contributed by atoms with van der Waals surface area (Å²) in [5.41, 5.74) is 1.30. The first-order chi connectivity index (χ1) is 14.3. The number of rotatable bonds is 8. The average molecular weight is 481 g/mol. The smallest absolute Gasteiger partial charge is 0.780 e. The number of hydrogen-bond acceptors (Lipinski definition) is 10. The van der Waals surface area contributed by atoms with Gasteiger partial charge in [0.05, 0.1) is 28.4 Å². The molecule has 0 aliphatic carbocycles. The molecule has 14 heteroatoms. The predicted molar refractivity (Wildman–Crippen MR) is 102 cm³/mol. The van der Waals surface area contributed by atoms with Crippen LogP contribution in [-0.4, -0.2) is 43.8 Å². The molecule has 0 aliphatic heterocycles. The fraction of sp³-hybridized carbons (Fsp3) is 0.222. The van der Waals surface area contributed by atoms with E-state index in [1.54, 1.807) is 18.2 Å². The van der Waals surface area contributed by atoms with E-state index in [-0.39, 0.29) is 76.1 Å². The van der Waals surface area contributed by atoms with Crippen LogP contribution in [0.1, 0.15) is 0 Å². The van der Waals surface area contributed by atoms with E-state index in [2.05, 4.69) is 19.9 Å². The summed E-state index contributed by atoms with van der Waals surface area (Å²) in [6, 6.07) is 7.64. The molecule has 0 bridgehead atoms. The molecule has 0 aliphatic rings. The van der Waals surface area contributed by atoms with Gasteiger partial charge in [0.2, 0.25) is 5.75 Å². The third-order valence-electron chi connectivity index (χ3n) is 4.14. The number of aromatic amines is 1. The molecule has 32 heavy (non-hydrogen) atoms. The van der Waals surface area contributed by atoms with Crippen LogP contribution >= 0.6 is 7.82 Å². The zero-order chi connectivity index (χ0) is 21.9. The standard InChI is InChI=1S/C18H20N3O8P.2Na/c1-25-11-5-6-12(13(9-11)29-30(22,23)24)17-16(19-21-20-17)10-7-14(26-2)18(28-4)15(8-10)27-3;;/h5-9H,1-4H3,(H,19,20,21)(H2,22,23,24);;/q;2*+1/p-2. The summed E-state index contributed by atoms with van der Waals surface area (Å²) in [6.45, 7) is 0. The van der Waals surface area contributed by atoms with Crippen molar-refractivity contribution >= 4 is 7.82 Å². The van der Waals surface area contributed by atoms with Crippen LogP contribution in [0.25, 0.3) is 22.5 Å². The molecule has 0 amide bonds. The van der Waals surface area contributed by atoms with E-state index in [0.717, 1.165) is 0 Å². The molecule has 0 spiro atoms. The second kappa shape index (κ2) is 12.3. The molecule has 160 valence electrons. The summed E-state index contributed by atoms with van der Waals surface area (Å²) >= 11 is 0. The van der Waals surface area contributed by atoms with E-state index < -0.39 is 7.82 Å². The number of benzene rings is 2. The van der Waals surface area contributed by atoms with Gasteiger partial charge in [-0.1, -0.05) is 0 Å². The van der Waals surface area contributed by atoms with Crippen LogP contribution in [0.2, 0.25) is 0 Å². The average Bonchev–Trinajstić information content (AvgIpc) is 3.20. The summed E-state index contributed by atoms with van der Waals surface area (Å²) in [4.78, 5) is 22.5. The summed E-state index contributed by atoms with van der Waals surface area (Å²) in [5, 5.41) is 10.7. The van der Waals surface area contributed by atoms with Crippen molar-refractivity contribution in [3.63, 3.8) is 0 Å². The Kier molecular flexibility index (Phi) is 11.0. The maximum absolute atomic E-state index is 11.2. The van der Waals surface area contributed by atoms with Gasteiger partial charge in [-0.25, -0.2) is 0 Å². The summed E-state index contributed by atoms with van der Waals surface area (Å²) in [7, 11) is 0.477. The Labute approximate surface area is 228 Å². The van der Waals surface area contributed by atoms with E-state index in [4.69, 9.17) is 18.9 Å². The topological polar surface area (TPSA) is 151 Å². The van der Waals surface area contributed by atoms with E-state index in [9.17, 15) is 14.4 Å². The molecule has 1 aromatic heterocycles. The van der Waals surface area contributed by atoms with Crippen LogP contribution in [0.15, 0.2) is 30.3 Å². The van der Waals surface area contributed by atoms with Gasteiger partial charge in [0, 0.05) is 17.2 Å². The van der Waals surface area contributed by atoms with Gasteiger partial charge in [-0.3, -0.25) is 0 Å². The van der Waals surface area contributed by atoms with E-state index in [1.807, 2.05) is 0 Å². The van der Waals surface area contributed by atoms with Crippen molar-refractivity contribution in [3.05, 3.63) is 30.3 Å². The van der Waals surface area contributed by atoms with Crippen molar-refractivity contribution in [2.75, 3.05) is 28.4 Å². The number of nitrogens with one attached hydrogen (secondary N) is 1. The molecule has 0 saturated heterocycles. The molecule has 11 nitrogen and oxygen atoms in total. The maximum Gasteiger partial charge on any atom is 1.00 e. The first-order valence-electron chi connectivity index (χ1n) is 8.42. The number of phosphoric acid groups is 1. The van der Waals surface area contributed by atoms with Crippen LogP contribution in [0.3, 0.4) is 0 Å². The number of nitrogens with zero attached hydrogens (tertiary/aromatic N) is 2. The molecule has 0 atom stereocenters. The number of aromatic nitrogens is 3. The molecule has 3 rings (SSSR count). The van der Waals surface area contributed by atoms with E-state index >= 15 is 0 Å². The minimum Gasteiger partial charge on any atom is -0.780 e. The molecular formula is C18H18N3Na2O8P. The van der Waals surface area contributed by atoms with Gasteiger partial charge in [0.1, 0.15) is 30.7 Å². The Bertz CT molecular complexity index is 1080. The van der Waals surface area contributed by atoms with Crippen LogP contribution in [0.4, 0.5) is 0 Å². The third-order valence-corrected chi connectivity index (χ3v) is 4.56. The van der Waals surface area contributed by atoms with E-state index in [0.29, 0.717) is 34.3 Å². The summed E-state index contributed by atoms with van der Waals surface area (Å²) < 4.78 is 37.0. The number of phosphoric ester groups is 1. The molecule has 0 radical (unpaired) electrons. The Morgan fingerprint density at radius 1 is 0.812 bits per heavy atom. The largest absolute Gasteiger partial charge is 1.00 e. The number of hydrogen-bond donors (Lipinski definition) is 1. The molecule has 3 aromatic rings. The van der Waals surface area contributed by atoms with Crippen LogP contribution in [-0.2, 0) is 4.57 Å². The monoisotopic (exact) mass is 481 g/mol. The van der Waals surface area contributed by atoms with Gasteiger partial charge in [0.25, 0.3) is 0 Å². The third kappa shape index (κ3) is 6.40. The van der Waals surface area contributed by atoms with Crippen molar-refractivity contribution in [1.29, 1.82) is 0 Å². The molecule has 1 N–H and O–H groups in total. The Morgan fingerprint density at radius 2 is 1.41 bits per heavy atom. The number of H-pyrrole nitrogens is 1. The van der Waals surface area contributed by atoms with Crippen molar-refractivity contribution in [2.45, 2.75) is 0 Å². The molecule has 0 fully saturated rings. The minimum absolute atomic E-state index is 0. The molecule has 0 saturated carbocycles. The fourth-order valence-corrected chi connectivity index (χ4v) is 3.25. The van der Waals surface area contributed by atoms with Gasteiger partial charge in [-0.05, 0) is 24.3 Å². The zero-order valence-corrected chi connectivity index (χ0v) is 23.4. The second-order valence-electron chi connectivity index (χ2n) is 5.84. The first kappa shape index (κ1) is 28.8. The quantitative estimate of drug-likeness (QED) is 0.246. The summed E-state index contributed by atoms with van der Waals surface area (Å²) in [6.07, 6.45) is 0. The molecule has 2 aromatic carbocycles.